The van der Waals surface area contributed by atoms with E-state index < -0.39 is 0 Å². The zero-order valence-electron chi connectivity index (χ0n) is 18.3. The molecule has 164 valence electrons. The molecule has 1 saturated carbocycles. The Hall–Kier alpha value is -2.24. The summed E-state index contributed by atoms with van der Waals surface area (Å²) < 4.78 is 5.35. The second-order valence-electron chi connectivity index (χ2n) is 9.31. The number of hydrogen-bond donors (Lipinski definition) is 1. The van der Waals surface area contributed by atoms with E-state index in [9.17, 15) is 4.79 Å². The van der Waals surface area contributed by atoms with Crippen LogP contribution in [0.1, 0.15) is 64.8 Å². The average molecular weight is 420 g/mol. The fraction of sp³-hybridized carbons (Fsp3) is 0.538. The van der Waals surface area contributed by atoms with Gasteiger partial charge in [0.15, 0.2) is 0 Å². The second kappa shape index (κ2) is 9.49. The van der Waals surface area contributed by atoms with Crippen molar-refractivity contribution in [3.05, 3.63) is 64.5 Å². The number of nitrogens with zero attached hydrogens (tertiary/aromatic N) is 2. The maximum Gasteiger partial charge on any atom is 0.270 e. The smallest absolute Gasteiger partial charge is 0.270 e. The van der Waals surface area contributed by atoms with Crippen LogP contribution in [0.3, 0.4) is 0 Å². The lowest BCUT2D eigenvalue weighted by Crippen LogP contribution is -2.41. The minimum atomic E-state index is -0.0838. The predicted molar refractivity (Wildman–Crippen MR) is 121 cm³/mol. The SMILES string of the molecule is O=C(NC1CCOCC1)c1ccc(Cc2ccc3c(c2)CCN(C2CCC2)CC3)cn1. The molecule has 2 aliphatic heterocycles. The number of nitrogens with one attached hydrogen (secondary N) is 1. The zero-order valence-corrected chi connectivity index (χ0v) is 18.3. The van der Waals surface area contributed by atoms with Crippen molar-refractivity contribution in [1.82, 2.24) is 15.2 Å². The van der Waals surface area contributed by atoms with Gasteiger partial charge in [0.1, 0.15) is 5.69 Å². The maximum absolute atomic E-state index is 12.5. The van der Waals surface area contributed by atoms with Crippen molar-refractivity contribution in [2.24, 2.45) is 0 Å². The summed E-state index contributed by atoms with van der Waals surface area (Å²) in [5, 5.41) is 3.08. The summed E-state index contributed by atoms with van der Waals surface area (Å²) in [5.74, 6) is -0.0838. The van der Waals surface area contributed by atoms with Crippen LogP contribution in [0.15, 0.2) is 36.5 Å². The number of pyridine rings is 1. The molecular weight excluding hydrogens is 386 g/mol. The molecule has 1 aromatic carbocycles. The van der Waals surface area contributed by atoms with Gasteiger partial charge in [0, 0.05) is 44.6 Å². The molecule has 1 amide bonds. The molecule has 31 heavy (non-hydrogen) atoms. The van der Waals surface area contributed by atoms with Gasteiger partial charge < -0.3 is 10.1 Å². The van der Waals surface area contributed by atoms with Gasteiger partial charge in [-0.3, -0.25) is 14.7 Å². The highest BCUT2D eigenvalue weighted by Crippen LogP contribution is 2.28. The van der Waals surface area contributed by atoms with E-state index in [0.717, 1.165) is 50.5 Å². The summed E-state index contributed by atoms with van der Waals surface area (Å²) in [6, 6.07) is 11.9. The molecule has 5 nitrogen and oxygen atoms in total. The van der Waals surface area contributed by atoms with Gasteiger partial charge in [-0.15, -0.1) is 0 Å². The Morgan fingerprint density at radius 2 is 1.77 bits per heavy atom. The lowest BCUT2D eigenvalue weighted by molar-refractivity contribution is 0.0694. The largest absolute Gasteiger partial charge is 0.381 e. The first-order valence-electron chi connectivity index (χ1n) is 11.9. The molecule has 1 saturated heterocycles. The lowest BCUT2D eigenvalue weighted by Gasteiger charge is -2.36. The summed E-state index contributed by atoms with van der Waals surface area (Å²) in [5.41, 5.74) is 6.00. The molecule has 0 bridgehead atoms. The predicted octanol–water partition coefficient (Wildman–Crippen LogP) is 3.53. The molecule has 2 aromatic rings. The van der Waals surface area contributed by atoms with Crippen LogP contribution in [0.2, 0.25) is 0 Å². The molecule has 5 heteroatoms. The fourth-order valence-corrected chi connectivity index (χ4v) is 5.02. The third kappa shape index (κ3) is 4.99. The minimum absolute atomic E-state index is 0.0838. The van der Waals surface area contributed by atoms with Crippen LogP contribution in [0, 0.1) is 0 Å². The van der Waals surface area contributed by atoms with Gasteiger partial charge in [0.25, 0.3) is 5.91 Å². The Morgan fingerprint density at radius 3 is 2.48 bits per heavy atom. The molecule has 3 aliphatic rings. The maximum atomic E-state index is 12.5. The number of carbonyl (C=O) groups is 1. The number of amides is 1. The molecule has 0 atom stereocenters. The highest BCUT2D eigenvalue weighted by molar-refractivity contribution is 5.92. The van der Waals surface area contributed by atoms with E-state index in [1.165, 1.54) is 55.5 Å². The summed E-state index contributed by atoms with van der Waals surface area (Å²) in [6.07, 6.45) is 11.0. The summed E-state index contributed by atoms with van der Waals surface area (Å²) in [4.78, 5) is 19.6. The topological polar surface area (TPSA) is 54.5 Å². The van der Waals surface area contributed by atoms with Gasteiger partial charge in [0.05, 0.1) is 0 Å². The van der Waals surface area contributed by atoms with Crippen molar-refractivity contribution in [1.29, 1.82) is 0 Å². The Kier molecular flexibility index (Phi) is 6.32. The van der Waals surface area contributed by atoms with E-state index in [1.807, 2.05) is 18.3 Å². The number of carbonyl (C=O) groups excluding carboxylic acids is 1. The molecular formula is C26H33N3O2. The first-order chi connectivity index (χ1) is 15.2. The van der Waals surface area contributed by atoms with Gasteiger partial charge in [0.2, 0.25) is 0 Å². The molecule has 0 unspecified atom stereocenters. The Bertz CT molecular complexity index is 901. The molecule has 0 spiro atoms. The van der Waals surface area contributed by atoms with Gasteiger partial charge in [-0.1, -0.05) is 30.7 Å². The van der Waals surface area contributed by atoms with Gasteiger partial charge >= 0.3 is 0 Å². The molecule has 2 fully saturated rings. The molecule has 1 aliphatic carbocycles. The standard InChI is InChI=1S/C26H33N3O2/c30-26(28-23-10-14-31-15-11-23)25-7-5-20(18-27-25)16-19-4-6-21-8-12-29(24-2-1-3-24)13-9-22(21)17-19/h4-7,17-18,23-24H,1-3,8-16H2,(H,28,30). The molecule has 5 rings (SSSR count). The number of rotatable bonds is 5. The second-order valence-corrected chi connectivity index (χ2v) is 9.31. The van der Waals surface area contributed by atoms with Crippen molar-refractivity contribution in [2.45, 2.75) is 63.5 Å². The third-order valence-electron chi connectivity index (χ3n) is 7.22. The van der Waals surface area contributed by atoms with E-state index in [0.29, 0.717) is 5.69 Å². The van der Waals surface area contributed by atoms with Crippen molar-refractivity contribution in [3.63, 3.8) is 0 Å². The van der Waals surface area contributed by atoms with Crippen molar-refractivity contribution < 1.29 is 9.53 Å². The lowest BCUT2D eigenvalue weighted by atomic mass is 9.91. The van der Waals surface area contributed by atoms with E-state index in [2.05, 4.69) is 33.4 Å². The van der Waals surface area contributed by atoms with Crippen LogP contribution in [0.4, 0.5) is 0 Å². The number of hydrogen-bond acceptors (Lipinski definition) is 4. The van der Waals surface area contributed by atoms with E-state index in [1.54, 1.807) is 0 Å². The number of aromatic nitrogens is 1. The quantitative estimate of drug-likeness (QED) is 0.806. The monoisotopic (exact) mass is 419 g/mol. The molecule has 0 radical (unpaired) electrons. The first kappa shape index (κ1) is 20.7. The van der Waals surface area contributed by atoms with Crippen molar-refractivity contribution >= 4 is 5.91 Å². The van der Waals surface area contributed by atoms with Gasteiger partial charge in [-0.2, -0.15) is 0 Å². The number of benzene rings is 1. The van der Waals surface area contributed by atoms with E-state index >= 15 is 0 Å². The van der Waals surface area contributed by atoms with Crippen LogP contribution in [0.25, 0.3) is 0 Å². The van der Waals surface area contributed by atoms with Crippen molar-refractivity contribution in [3.8, 4) is 0 Å². The zero-order chi connectivity index (χ0) is 21.0. The van der Waals surface area contributed by atoms with Crippen molar-refractivity contribution in [2.75, 3.05) is 26.3 Å². The van der Waals surface area contributed by atoms with Gasteiger partial charge in [-0.05, 0) is 73.3 Å². The summed E-state index contributed by atoms with van der Waals surface area (Å²) in [7, 11) is 0. The summed E-state index contributed by atoms with van der Waals surface area (Å²) >= 11 is 0. The number of fused-ring (bicyclic) bond motifs is 1. The third-order valence-corrected chi connectivity index (χ3v) is 7.22. The highest BCUT2D eigenvalue weighted by atomic mass is 16.5. The molecule has 1 aromatic heterocycles. The fourth-order valence-electron chi connectivity index (χ4n) is 5.02. The Morgan fingerprint density at radius 1 is 1.00 bits per heavy atom. The molecule has 1 N–H and O–H groups in total. The van der Waals surface area contributed by atoms with Gasteiger partial charge in [-0.25, -0.2) is 0 Å². The van der Waals surface area contributed by atoms with Crippen LogP contribution in [-0.4, -0.2) is 54.2 Å². The average Bonchev–Trinajstić information content (AvgIpc) is 2.96. The van der Waals surface area contributed by atoms with E-state index in [4.69, 9.17) is 4.74 Å². The molecule has 3 heterocycles. The van der Waals surface area contributed by atoms with Crippen LogP contribution < -0.4 is 5.32 Å². The van der Waals surface area contributed by atoms with Crippen LogP contribution in [-0.2, 0) is 24.0 Å². The number of ether oxygens (including phenoxy) is 1. The first-order valence-corrected chi connectivity index (χ1v) is 11.9. The summed E-state index contributed by atoms with van der Waals surface area (Å²) in [6.45, 7) is 3.84. The minimum Gasteiger partial charge on any atom is -0.381 e. The van der Waals surface area contributed by atoms with E-state index in [-0.39, 0.29) is 11.9 Å². The van der Waals surface area contributed by atoms with Crippen LogP contribution in [0.5, 0.6) is 0 Å². The van der Waals surface area contributed by atoms with Crippen LogP contribution >= 0.6 is 0 Å². The Balaban J connectivity index is 1.19. The normalized spacial score (nSPS) is 20.5. The highest BCUT2D eigenvalue weighted by Gasteiger charge is 2.26. The Labute approximate surface area is 185 Å².